The Bertz CT molecular complexity index is 209. The lowest BCUT2D eigenvalue weighted by molar-refractivity contribution is 0.607. The minimum Gasteiger partial charge on any atom is -0.215 e. The SMILES string of the molecule is O=S(=O)(I)C(Cl)(Cl)C(Cl)Cl. The van der Waals surface area contributed by atoms with Crippen molar-refractivity contribution in [2.75, 3.05) is 0 Å². The molecule has 0 unspecified atom stereocenters. The van der Waals surface area contributed by atoms with Crippen LogP contribution in [-0.2, 0) is 7.01 Å². The molecule has 0 aromatic heterocycles. The van der Waals surface area contributed by atoms with Gasteiger partial charge in [0.15, 0.2) is 4.84 Å². The smallest absolute Gasteiger partial charge is 0.215 e. The zero-order valence-corrected chi connectivity index (χ0v) is 10.2. The van der Waals surface area contributed by atoms with Crippen molar-refractivity contribution in [2.45, 2.75) is 8.50 Å². The van der Waals surface area contributed by atoms with Crippen LogP contribution in [0.2, 0.25) is 0 Å². The molecule has 0 aliphatic rings. The van der Waals surface area contributed by atoms with E-state index in [2.05, 4.69) is 0 Å². The van der Waals surface area contributed by atoms with Crippen molar-refractivity contribution in [3.63, 3.8) is 0 Å². The molecular formula is C2HCl4IO2S. The van der Waals surface area contributed by atoms with E-state index < -0.39 is 15.5 Å². The molecule has 62 valence electrons. The molecule has 8 heteroatoms. The summed E-state index contributed by atoms with van der Waals surface area (Å²) in [7, 11) is -3.66. The molecule has 0 atom stereocenters. The highest BCUT2D eigenvalue weighted by Gasteiger charge is 2.44. The van der Waals surface area contributed by atoms with Gasteiger partial charge in [0, 0.05) is 0 Å². The Kier molecular flexibility index (Phi) is 4.38. The molecule has 0 radical (unpaired) electrons. The van der Waals surface area contributed by atoms with E-state index in [4.69, 9.17) is 46.4 Å². The van der Waals surface area contributed by atoms with Gasteiger partial charge in [-0.3, -0.25) is 0 Å². The first-order valence-corrected chi connectivity index (χ1v) is 7.45. The van der Waals surface area contributed by atoms with Crippen LogP contribution in [0.4, 0.5) is 0 Å². The van der Waals surface area contributed by atoms with Gasteiger partial charge in [0.05, 0.1) is 21.2 Å². The van der Waals surface area contributed by atoms with Crippen LogP contribution in [-0.4, -0.2) is 16.9 Å². The van der Waals surface area contributed by atoms with Gasteiger partial charge in [0.1, 0.15) is 0 Å². The van der Waals surface area contributed by atoms with Gasteiger partial charge in [0.2, 0.25) is 7.01 Å². The van der Waals surface area contributed by atoms with Crippen LogP contribution < -0.4 is 0 Å². The quantitative estimate of drug-likeness (QED) is 0.432. The average Bonchev–Trinajstić information content (AvgIpc) is 1.62. The third-order valence-corrected chi connectivity index (χ3v) is 8.13. The molecule has 0 amide bonds. The average molecular weight is 358 g/mol. The van der Waals surface area contributed by atoms with Gasteiger partial charge in [-0.2, -0.15) is 0 Å². The molecular weight excluding hydrogens is 357 g/mol. The van der Waals surface area contributed by atoms with E-state index in [1.165, 1.54) is 0 Å². The lowest BCUT2D eigenvalue weighted by Gasteiger charge is -2.15. The predicted octanol–water partition coefficient (Wildman–Crippen LogP) is 2.69. The summed E-state index contributed by atoms with van der Waals surface area (Å²) in [6, 6.07) is 0. The van der Waals surface area contributed by atoms with Gasteiger partial charge >= 0.3 is 0 Å². The summed E-state index contributed by atoms with van der Waals surface area (Å²) in [4.78, 5) is -1.36. The van der Waals surface area contributed by atoms with Crippen molar-refractivity contribution in [3.8, 4) is 0 Å². The molecule has 0 spiro atoms. The van der Waals surface area contributed by atoms with Gasteiger partial charge in [-0.1, -0.05) is 23.2 Å². The molecule has 0 rings (SSSR count). The topological polar surface area (TPSA) is 34.1 Å². The van der Waals surface area contributed by atoms with E-state index in [-0.39, 0.29) is 0 Å². The Hall–Kier alpha value is 1.84. The summed E-state index contributed by atoms with van der Waals surface area (Å²) in [6.07, 6.45) is 0. The molecule has 0 aliphatic carbocycles. The molecule has 0 heterocycles. The van der Waals surface area contributed by atoms with Crippen molar-refractivity contribution in [3.05, 3.63) is 0 Å². The van der Waals surface area contributed by atoms with Crippen LogP contribution >= 0.6 is 67.6 Å². The van der Waals surface area contributed by atoms with Crippen LogP contribution in [0.3, 0.4) is 0 Å². The standard InChI is InChI=1S/C2HCl4IO2S/c3-1(4)2(5,6)10(7,8)9/h1H. The summed E-state index contributed by atoms with van der Waals surface area (Å²) >= 11 is 21.9. The van der Waals surface area contributed by atoms with Gasteiger partial charge in [-0.15, -0.1) is 23.2 Å². The van der Waals surface area contributed by atoms with Crippen molar-refractivity contribution in [1.82, 2.24) is 0 Å². The van der Waals surface area contributed by atoms with E-state index in [9.17, 15) is 8.42 Å². The predicted molar refractivity (Wildman–Crippen MR) is 52.9 cm³/mol. The van der Waals surface area contributed by atoms with Crippen LogP contribution in [0.15, 0.2) is 0 Å². The maximum atomic E-state index is 10.6. The fraction of sp³-hybridized carbons (Fsp3) is 1.00. The third-order valence-electron chi connectivity index (χ3n) is 0.579. The highest BCUT2D eigenvalue weighted by molar-refractivity contribution is 14.2. The molecule has 0 N–H and O–H groups in total. The lowest BCUT2D eigenvalue weighted by Crippen LogP contribution is -2.28. The second-order valence-electron chi connectivity index (χ2n) is 1.30. The largest absolute Gasteiger partial charge is 0.256 e. The summed E-state index contributed by atoms with van der Waals surface area (Å²) < 4.78 is 19.2. The van der Waals surface area contributed by atoms with Gasteiger partial charge in [-0.05, 0) is 0 Å². The molecule has 0 aromatic carbocycles. The Morgan fingerprint density at radius 1 is 1.30 bits per heavy atom. The van der Waals surface area contributed by atoms with Crippen LogP contribution in [0.5, 0.6) is 0 Å². The Morgan fingerprint density at radius 2 is 1.60 bits per heavy atom. The Balaban J connectivity index is 4.76. The highest BCUT2D eigenvalue weighted by atomic mass is 127. The highest BCUT2D eigenvalue weighted by Crippen LogP contribution is 2.40. The third kappa shape index (κ3) is 2.71. The van der Waals surface area contributed by atoms with Crippen molar-refractivity contribution >= 4 is 74.6 Å². The zero-order chi connectivity index (χ0) is 8.58. The summed E-state index contributed by atoms with van der Waals surface area (Å²) in [5.41, 5.74) is 0. The molecule has 2 nitrogen and oxygen atoms in total. The van der Waals surface area contributed by atoms with E-state index in [0.717, 1.165) is 21.2 Å². The first-order chi connectivity index (χ1) is 4.19. The van der Waals surface area contributed by atoms with Crippen molar-refractivity contribution in [2.24, 2.45) is 0 Å². The Morgan fingerprint density at radius 3 is 1.60 bits per heavy atom. The number of rotatable bonds is 2. The zero-order valence-electron chi connectivity index (χ0n) is 4.19. The molecule has 0 aromatic rings. The molecule has 0 saturated heterocycles. The first-order valence-electron chi connectivity index (χ1n) is 1.79. The van der Waals surface area contributed by atoms with E-state index in [1.54, 1.807) is 0 Å². The molecule has 0 fully saturated rings. The van der Waals surface area contributed by atoms with Crippen LogP contribution in [0.25, 0.3) is 0 Å². The van der Waals surface area contributed by atoms with Crippen molar-refractivity contribution in [1.29, 1.82) is 0 Å². The summed E-state index contributed by atoms with van der Waals surface area (Å²) in [6.45, 7) is 0. The minimum absolute atomic E-state index is 1.07. The fourth-order valence-corrected chi connectivity index (χ4v) is 2.69. The van der Waals surface area contributed by atoms with Gasteiger partial charge in [0.25, 0.3) is 3.67 Å². The lowest BCUT2D eigenvalue weighted by atomic mass is 10.9. The second-order valence-corrected chi connectivity index (χ2v) is 9.23. The number of halogens is 5. The monoisotopic (exact) mass is 356 g/mol. The number of hydrogen-bond donors (Lipinski definition) is 0. The fourth-order valence-electron chi connectivity index (χ4n) is 0.106. The number of alkyl halides is 4. The summed E-state index contributed by atoms with van der Waals surface area (Å²) in [5, 5.41) is 0. The van der Waals surface area contributed by atoms with Gasteiger partial charge in [-0.25, -0.2) is 8.42 Å². The Labute approximate surface area is 90.7 Å². The maximum absolute atomic E-state index is 10.6. The first kappa shape index (κ1) is 11.8. The second kappa shape index (κ2) is 3.70. The molecule has 10 heavy (non-hydrogen) atoms. The van der Waals surface area contributed by atoms with Crippen LogP contribution in [0, 0.1) is 0 Å². The maximum Gasteiger partial charge on any atom is 0.256 e. The van der Waals surface area contributed by atoms with Crippen molar-refractivity contribution < 1.29 is 8.42 Å². The van der Waals surface area contributed by atoms with Gasteiger partial charge < -0.3 is 0 Å². The van der Waals surface area contributed by atoms with E-state index in [1.807, 2.05) is 0 Å². The van der Waals surface area contributed by atoms with E-state index >= 15 is 0 Å². The molecule has 0 bridgehead atoms. The van der Waals surface area contributed by atoms with Crippen LogP contribution in [0.1, 0.15) is 0 Å². The number of hydrogen-bond acceptors (Lipinski definition) is 2. The molecule has 0 aliphatic heterocycles. The van der Waals surface area contributed by atoms with E-state index in [0.29, 0.717) is 0 Å². The normalized spacial score (nSPS) is 14.2. The summed E-state index contributed by atoms with van der Waals surface area (Å²) in [5.74, 6) is 0. The molecule has 0 saturated carbocycles. The minimum atomic E-state index is -3.66.